The number of hydrogen-bond acceptors (Lipinski definition) is 1. The molecule has 18 heavy (non-hydrogen) atoms. The second-order valence-corrected chi connectivity index (χ2v) is 5.20. The minimum absolute atomic E-state index is 0.864. The molecule has 1 aromatic heterocycles. The minimum Gasteiger partial charge on any atom is -0.265 e. The van der Waals surface area contributed by atoms with Crippen molar-refractivity contribution in [2.45, 2.75) is 38.6 Å². The van der Waals surface area contributed by atoms with Gasteiger partial charge in [-0.15, -0.1) is 0 Å². The molecule has 0 saturated carbocycles. The summed E-state index contributed by atoms with van der Waals surface area (Å²) in [5, 5.41) is 5.40. The highest BCUT2D eigenvalue weighted by Gasteiger charge is 2.09. The summed E-state index contributed by atoms with van der Waals surface area (Å²) in [4.78, 5) is 0. The summed E-state index contributed by atoms with van der Waals surface area (Å²) in [7, 11) is 0. The van der Waals surface area contributed by atoms with Crippen molar-refractivity contribution in [3.63, 3.8) is 0 Å². The van der Waals surface area contributed by atoms with Crippen molar-refractivity contribution in [2.24, 2.45) is 0 Å². The molecule has 0 amide bonds. The average Bonchev–Trinajstić information content (AvgIpc) is 2.75. The highest BCUT2D eigenvalue weighted by molar-refractivity contribution is 9.08. The van der Waals surface area contributed by atoms with Gasteiger partial charge in [0, 0.05) is 16.6 Å². The van der Waals surface area contributed by atoms with Crippen LogP contribution in [0.15, 0.2) is 30.5 Å². The van der Waals surface area contributed by atoms with E-state index in [-0.39, 0.29) is 0 Å². The molecule has 0 fully saturated rings. The Bertz CT molecular complexity index is 500. The van der Waals surface area contributed by atoms with E-state index in [9.17, 15) is 0 Å². The van der Waals surface area contributed by atoms with Crippen LogP contribution in [-0.2, 0) is 18.3 Å². The quantitative estimate of drug-likeness (QED) is 0.761. The molecule has 0 radical (unpaired) electrons. The van der Waals surface area contributed by atoms with Gasteiger partial charge in [0.05, 0.1) is 12.7 Å². The van der Waals surface area contributed by atoms with Crippen LogP contribution in [0.5, 0.6) is 0 Å². The van der Waals surface area contributed by atoms with Crippen molar-refractivity contribution in [3.8, 4) is 0 Å². The molecule has 2 nitrogen and oxygen atoms in total. The molecule has 3 heteroatoms. The predicted molar refractivity (Wildman–Crippen MR) is 79.1 cm³/mol. The van der Waals surface area contributed by atoms with E-state index in [1.165, 1.54) is 22.4 Å². The summed E-state index contributed by atoms with van der Waals surface area (Å²) < 4.78 is 2.13. The van der Waals surface area contributed by atoms with Crippen molar-refractivity contribution in [2.75, 3.05) is 0 Å². The number of nitrogens with zero attached hydrogens (tertiary/aromatic N) is 2. The highest BCUT2D eigenvalue weighted by atomic mass is 79.9. The number of alkyl halides is 1. The summed E-state index contributed by atoms with van der Waals surface area (Å²) in [6.07, 6.45) is 4.22. The maximum Gasteiger partial charge on any atom is 0.0662 e. The summed E-state index contributed by atoms with van der Waals surface area (Å²) in [6.45, 7) is 5.19. The van der Waals surface area contributed by atoms with Crippen LogP contribution in [0.2, 0.25) is 0 Å². The topological polar surface area (TPSA) is 17.8 Å². The van der Waals surface area contributed by atoms with Gasteiger partial charge in [0.15, 0.2) is 0 Å². The fourth-order valence-corrected chi connectivity index (χ4v) is 2.56. The van der Waals surface area contributed by atoms with Gasteiger partial charge in [-0.05, 0) is 18.9 Å². The van der Waals surface area contributed by atoms with E-state index in [2.05, 4.69) is 63.8 Å². The molecule has 0 unspecified atom stereocenters. The molecule has 1 heterocycles. The number of benzene rings is 1. The molecule has 0 bridgehead atoms. The normalized spacial score (nSPS) is 10.8. The summed E-state index contributed by atoms with van der Waals surface area (Å²) in [5.41, 5.74) is 5.27. The van der Waals surface area contributed by atoms with E-state index < -0.39 is 0 Å². The van der Waals surface area contributed by atoms with E-state index >= 15 is 0 Å². The van der Waals surface area contributed by atoms with Crippen molar-refractivity contribution in [1.82, 2.24) is 9.78 Å². The maximum atomic E-state index is 4.51. The second kappa shape index (κ2) is 6.19. The van der Waals surface area contributed by atoms with Gasteiger partial charge < -0.3 is 0 Å². The van der Waals surface area contributed by atoms with Gasteiger partial charge in [-0.3, -0.25) is 4.68 Å². The van der Waals surface area contributed by atoms with Crippen LogP contribution in [0.1, 0.15) is 35.7 Å². The lowest BCUT2D eigenvalue weighted by Gasteiger charge is -2.08. The van der Waals surface area contributed by atoms with E-state index in [0.29, 0.717) is 0 Å². The van der Waals surface area contributed by atoms with Crippen molar-refractivity contribution < 1.29 is 0 Å². The van der Waals surface area contributed by atoms with Crippen LogP contribution < -0.4 is 0 Å². The van der Waals surface area contributed by atoms with E-state index in [4.69, 9.17) is 0 Å². The van der Waals surface area contributed by atoms with E-state index in [1.807, 2.05) is 6.20 Å². The molecule has 96 valence electrons. The molecule has 0 spiro atoms. The molecule has 0 aliphatic carbocycles. The summed E-state index contributed by atoms with van der Waals surface area (Å²) >= 11 is 3.53. The van der Waals surface area contributed by atoms with Gasteiger partial charge in [0.1, 0.15) is 0 Å². The zero-order chi connectivity index (χ0) is 13.0. The molecule has 0 aliphatic rings. The zero-order valence-electron chi connectivity index (χ0n) is 11.0. The molecular formula is C15H19BrN2. The van der Waals surface area contributed by atoms with Crippen LogP contribution in [0, 0.1) is 6.92 Å². The predicted octanol–water partition coefficient (Wildman–Crippen LogP) is 4.09. The Balaban J connectivity index is 2.22. The average molecular weight is 307 g/mol. The lowest BCUT2D eigenvalue weighted by Crippen LogP contribution is -2.07. The number of rotatable bonds is 5. The van der Waals surface area contributed by atoms with Gasteiger partial charge in [0.2, 0.25) is 0 Å². The Morgan fingerprint density at radius 3 is 2.56 bits per heavy atom. The van der Waals surface area contributed by atoms with Gasteiger partial charge >= 0.3 is 0 Å². The highest BCUT2D eigenvalue weighted by Crippen LogP contribution is 2.16. The third kappa shape index (κ3) is 3.02. The van der Waals surface area contributed by atoms with Gasteiger partial charge in [0.25, 0.3) is 0 Å². The third-order valence-corrected chi connectivity index (χ3v) is 3.72. The Labute approximate surface area is 117 Å². The third-order valence-electron chi connectivity index (χ3n) is 3.12. The summed E-state index contributed by atoms with van der Waals surface area (Å²) in [6, 6.07) is 8.68. The van der Waals surface area contributed by atoms with Crippen LogP contribution in [0.3, 0.4) is 0 Å². The Kier molecular flexibility index (Phi) is 4.59. The molecule has 2 rings (SSSR count). The first-order valence-electron chi connectivity index (χ1n) is 6.39. The number of halogens is 1. The van der Waals surface area contributed by atoms with E-state index in [0.717, 1.165) is 24.7 Å². The van der Waals surface area contributed by atoms with Crippen LogP contribution >= 0.6 is 15.9 Å². The molecule has 1 aromatic carbocycles. The Morgan fingerprint density at radius 2 is 1.94 bits per heavy atom. The largest absolute Gasteiger partial charge is 0.265 e. The standard InChI is InChI=1S/C15H19BrN2/c1-3-4-15-14(9-16)10-17-18(15)11-13-7-5-12(2)6-8-13/h5-8,10H,3-4,9,11H2,1-2H3. The molecule has 0 saturated heterocycles. The molecule has 0 N–H and O–H groups in total. The lowest BCUT2D eigenvalue weighted by atomic mass is 10.1. The fraction of sp³-hybridized carbons (Fsp3) is 0.400. The monoisotopic (exact) mass is 306 g/mol. The second-order valence-electron chi connectivity index (χ2n) is 4.64. The zero-order valence-corrected chi connectivity index (χ0v) is 12.6. The smallest absolute Gasteiger partial charge is 0.0662 e. The molecule has 0 aliphatic heterocycles. The van der Waals surface area contributed by atoms with Crippen molar-refractivity contribution in [3.05, 3.63) is 52.8 Å². The van der Waals surface area contributed by atoms with Crippen LogP contribution in [0.4, 0.5) is 0 Å². The Hall–Kier alpha value is -1.09. The fourth-order valence-electron chi connectivity index (χ4n) is 2.09. The molecule has 0 atom stereocenters. The van der Waals surface area contributed by atoms with Gasteiger partial charge in [-0.1, -0.05) is 59.1 Å². The first kappa shape index (κ1) is 13.3. The maximum absolute atomic E-state index is 4.51. The Morgan fingerprint density at radius 1 is 1.22 bits per heavy atom. The first-order valence-corrected chi connectivity index (χ1v) is 7.51. The van der Waals surface area contributed by atoms with Crippen LogP contribution in [-0.4, -0.2) is 9.78 Å². The molecule has 2 aromatic rings. The number of aryl methyl sites for hydroxylation is 1. The van der Waals surface area contributed by atoms with Crippen molar-refractivity contribution >= 4 is 15.9 Å². The van der Waals surface area contributed by atoms with Gasteiger partial charge in [-0.2, -0.15) is 5.10 Å². The molecular weight excluding hydrogens is 288 g/mol. The number of hydrogen-bond donors (Lipinski definition) is 0. The minimum atomic E-state index is 0.864. The number of aromatic nitrogens is 2. The van der Waals surface area contributed by atoms with Crippen molar-refractivity contribution in [1.29, 1.82) is 0 Å². The SMILES string of the molecule is CCCc1c(CBr)cnn1Cc1ccc(C)cc1. The van der Waals surface area contributed by atoms with Gasteiger partial charge in [-0.25, -0.2) is 0 Å². The summed E-state index contributed by atoms with van der Waals surface area (Å²) in [5.74, 6) is 0. The van der Waals surface area contributed by atoms with E-state index in [1.54, 1.807) is 0 Å². The first-order chi connectivity index (χ1) is 8.74. The lowest BCUT2D eigenvalue weighted by molar-refractivity contribution is 0.636. The van der Waals surface area contributed by atoms with Crippen LogP contribution in [0.25, 0.3) is 0 Å².